The van der Waals surface area contributed by atoms with E-state index in [0.717, 1.165) is 12.8 Å². The van der Waals surface area contributed by atoms with Gasteiger partial charge in [-0.2, -0.15) is 0 Å². The van der Waals surface area contributed by atoms with Crippen LogP contribution in [0.2, 0.25) is 0 Å². The van der Waals surface area contributed by atoms with Crippen LogP contribution >= 0.6 is 0 Å². The van der Waals surface area contributed by atoms with Gasteiger partial charge in [0.15, 0.2) is 0 Å². The largest absolute Gasteiger partial charge is 0.550 e. The number of hydrogen-bond acceptors (Lipinski definition) is 3. The Morgan fingerprint density at radius 3 is 2.06 bits per heavy atom. The summed E-state index contributed by atoms with van der Waals surface area (Å²) in [5.41, 5.74) is -0.314. The summed E-state index contributed by atoms with van der Waals surface area (Å²) >= 11 is 0. The summed E-state index contributed by atoms with van der Waals surface area (Å²) in [4.78, 5) is 22.9. The first kappa shape index (κ1) is 13.0. The quantitative estimate of drug-likeness (QED) is 0.743. The molecule has 1 aliphatic carbocycles. The molecule has 0 bridgehead atoms. The van der Waals surface area contributed by atoms with E-state index in [0.29, 0.717) is 12.8 Å². The first-order valence-corrected chi connectivity index (χ1v) is 5.84. The van der Waals surface area contributed by atoms with Crippen LogP contribution in [0, 0.1) is 11.8 Å². The molecule has 0 unspecified atom stereocenters. The molecule has 0 aromatic rings. The summed E-state index contributed by atoms with van der Waals surface area (Å²) in [5.74, 6) is -2.27. The molecule has 0 saturated heterocycles. The van der Waals surface area contributed by atoms with Crippen LogP contribution in [0.15, 0.2) is 0 Å². The molecule has 0 spiro atoms. The Balaban J connectivity index is 2.68. The number of carboxylic acid groups (broad SMARTS) is 1. The maximum absolute atomic E-state index is 11.9. The Hall–Kier alpha value is -1.06. The molecule has 92 valence electrons. The zero-order chi connectivity index (χ0) is 12.3. The summed E-state index contributed by atoms with van der Waals surface area (Å²) in [6.07, 6.45) is 3.01. The fourth-order valence-corrected chi connectivity index (χ4v) is 2.19. The number of carboxylic acids is 1. The van der Waals surface area contributed by atoms with Crippen molar-refractivity contribution in [3.05, 3.63) is 0 Å². The van der Waals surface area contributed by atoms with Crippen LogP contribution in [0.5, 0.6) is 0 Å². The first-order valence-electron chi connectivity index (χ1n) is 5.84. The number of aliphatic carboxylic acids is 1. The molecule has 1 saturated carbocycles. The number of rotatable bonds is 2. The molecule has 2 atom stereocenters. The predicted molar refractivity (Wildman–Crippen MR) is 58.4 cm³/mol. The van der Waals surface area contributed by atoms with Gasteiger partial charge < -0.3 is 15.2 Å². The highest BCUT2D eigenvalue weighted by atomic mass is 16.4. The van der Waals surface area contributed by atoms with Crippen LogP contribution in [0.4, 0.5) is 0 Å². The van der Waals surface area contributed by atoms with Gasteiger partial charge >= 0.3 is 0 Å². The predicted octanol–water partition coefficient (Wildman–Crippen LogP) is 0.457. The topological polar surface area (TPSA) is 69.2 Å². The zero-order valence-electron chi connectivity index (χ0n) is 10.2. The third-order valence-electron chi connectivity index (χ3n) is 2.90. The summed E-state index contributed by atoms with van der Waals surface area (Å²) < 4.78 is 0. The molecule has 1 rings (SSSR count). The van der Waals surface area contributed by atoms with E-state index in [4.69, 9.17) is 0 Å². The molecule has 0 aromatic heterocycles. The van der Waals surface area contributed by atoms with Crippen molar-refractivity contribution in [3.63, 3.8) is 0 Å². The minimum absolute atomic E-state index is 0.151. The highest BCUT2D eigenvalue weighted by Gasteiger charge is 2.33. The molecular formula is C12H20NO3-. The molecule has 0 heterocycles. The van der Waals surface area contributed by atoms with Crippen molar-refractivity contribution < 1.29 is 14.7 Å². The fourth-order valence-electron chi connectivity index (χ4n) is 2.19. The molecule has 1 amide bonds. The summed E-state index contributed by atoms with van der Waals surface area (Å²) in [6, 6.07) is 0. The SMILES string of the molecule is CC(C)(C)NC(=O)[C@@H]1CCCC[C@H]1C(=O)[O-]. The van der Waals surface area contributed by atoms with Crippen LogP contribution in [0.1, 0.15) is 46.5 Å². The summed E-state index contributed by atoms with van der Waals surface area (Å²) in [7, 11) is 0. The third kappa shape index (κ3) is 3.51. The van der Waals surface area contributed by atoms with Gasteiger partial charge in [-0.05, 0) is 33.6 Å². The highest BCUT2D eigenvalue weighted by molar-refractivity contribution is 5.84. The Bertz CT molecular complexity index is 280. The second kappa shape index (κ2) is 4.85. The van der Waals surface area contributed by atoms with Gasteiger partial charge in [0, 0.05) is 23.3 Å². The van der Waals surface area contributed by atoms with Gasteiger partial charge in [0.2, 0.25) is 5.91 Å². The Morgan fingerprint density at radius 2 is 1.62 bits per heavy atom. The average molecular weight is 226 g/mol. The lowest BCUT2D eigenvalue weighted by Crippen LogP contribution is -2.49. The van der Waals surface area contributed by atoms with Crippen molar-refractivity contribution in [2.45, 2.75) is 52.0 Å². The van der Waals surface area contributed by atoms with E-state index in [1.54, 1.807) is 0 Å². The molecule has 4 heteroatoms. The van der Waals surface area contributed by atoms with Gasteiger partial charge in [0.05, 0.1) is 0 Å². The number of carbonyl (C=O) groups is 2. The third-order valence-corrected chi connectivity index (χ3v) is 2.90. The molecule has 1 fully saturated rings. The Morgan fingerprint density at radius 1 is 1.12 bits per heavy atom. The van der Waals surface area contributed by atoms with Crippen LogP contribution in [0.3, 0.4) is 0 Å². The van der Waals surface area contributed by atoms with Crippen molar-refractivity contribution in [2.75, 3.05) is 0 Å². The number of hydrogen-bond donors (Lipinski definition) is 1. The van der Waals surface area contributed by atoms with E-state index in [9.17, 15) is 14.7 Å². The van der Waals surface area contributed by atoms with Crippen LogP contribution in [0.25, 0.3) is 0 Å². The van der Waals surface area contributed by atoms with Crippen molar-refractivity contribution >= 4 is 11.9 Å². The molecule has 0 aromatic carbocycles. The van der Waals surface area contributed by atoms with Gasteiger partial charge in [-0.3, -0.25) is 4.79 Å². The van der Waals surface area contributed by atoms with E-state index in [1.807, 2.05) is 20.8 Å². The lowest BCUT2D eigenvalue weighted by molar-refractivity contribution is -0.314. The second-order valence-electron chi connectivity index (χ2n) is 5.56. The fraction of sp³-hybridized carbons (Fsp3) is 0.833. The minimum atomic E-state index is -1.09. The van der Waals surface area contributed by atoms with E-state index < -0.39 is 17.8 Å². The maximum atomic E-state index is 11.9. The average Bonchev–Trinajstić information content (AvgIpc) is 2.15. The summed E-state index contributed by atoms with van der Waals surface area (Å²) in [6.45, 7) is 5.67. The minimum Gasteiger partial charge on any atom is -0.550 e. The van der Waals surface area contributed by atoms with Crippen molar-refractivity contribution in [1.29, 1.82) is 0 Å². The summed E-state index contributed by atoms with van der Waals surface area (Å²) in [5, 5.41) is 13.8. The van der Waals surface area contributed by atoms with Crippen molar-refractivity contribution in [2.24, 2.45) is 11.8 Å². The van der Waals surface area contributed by atoms with E-state index in [1.165, 1.54) is 0 Å². The van der Waals surface area contributed by atoms with Crippen LogP contribution in [-0.4, -0.2) is 17.4 Å². The normalized spacial score (nSPS) is 26.2. The number of nitrogens with one attached hydrogen (secondary N) is 1. The van der Waals surface area contributed by atoms with Gasteiger partial charge in [-0.15, -0.1) is 0 Å². The second-order valence-corrected chi connectivity index (χ2v) is 5.56. The molecule has 1 aliphatic rings. The van der Waals surface area contributed by atoms with Gasteiger partial charge in [-0.1, -0.05) is 12.8 Å². The Labute approximate surface area is 96.4 Å². The lowest BCUT2D eigenvalue weighted by Gasteiger charge is -2.33. The standard InChI is InChI=1S/C12H21NO3/c1-12(2,3)13-10(14)8-6-4-5-7-9(8)11(15)16/h8-9H,4-7H2,1-3H3,(H,13,14)(H,15,16)/p-1/t8-,9-/m1/s1. The van der Waals surface area contributed by atoms with Crippen LogP contribution in [-0.2, 0) is 9.59 Å². The lowest BCUT2D eigenvalue weighted by atomic mass is 9.78. The van der Waals surface area contributed by atoms with E-state index >= 15 is 0 Å². The molecule has 4 nitrogen and oxygen atoms in total. The smallest absolute Gasteiger partial charge is 0.224 e. The molecule has 0 aliphatic heterocycles. The van der Waals surface area contributed by atoms with Gasteiger partial charge in [0.25, 0.3) is 0 Å². The maximum Gasteiger partial charge on any atom is 0.224 e. The molecule has 0 radical (unpaired) electrons. The Kier molecular flexibility index (Phi) is 3.94. The van der Waals surface area contributed by atoms with E-state index in [2.05, 4.69) is 5.32 Å². The van der Waals surface area contributed by atoms with Crippen LogP contribution < -0.4 is 10.4 Å². The molecule has 1 N–H and O–H groups in total. The molecule has 16 heavy (non-hydrogen) atoms. The number of carbonyl (C=O) groups excluding carboxylic acids is 2. The zero-order valence-corrected chi connectivity index (χ0v) is 10.2. The highest BCUT2D eigenvalue weighted by Crippen LogP contribution is 2.30. The van der Waals surface area contributed by atoms with Gasteiger partial charge in [-0.25, -0.2) is 0 Å². The monoisotopic (exact) mass is 226 g/mol. The van der Waals surface area contributed by atoms with Gasteiger partial charge in [0.1, 0.15) is 0 Å². The van der Waals surface area contributed by atoms with E-state index in [-0.39, 0.29) is 11.4 Å². The first-order chi connectivity index (χ1) is 7.31. The van der Waals surface area contributed by atoms with Crippen molar-refractivity contribution in [1.82, 2.24) is 5.32 Å². The number of amides is 1. The molecular weight excluding hydrogens is 206 g/mol. The van der Waals surface area contributed by atoms with Crippen molar-refractivity contribution in [3.8, 4) is 0 Å².